The fourth-order valence-electron chi connectivity index (χ4n) is 4.99. The number of aryl methyl sites for hydroxylation is 2. The third-order valence-electron chi connectivity index (χ3n) is 7.05. The maximum absolute atomic E-state index is 13.3. The Morgan fingerprint density at radius 2 is 1.56 bits per heavy atom. The van der Waals surface area contributed by atoms with Gasteiger partial charge in [0, 0.05) is 32.7 Å². The topological polar surface area (TPSA) is 63.0 Å². The van der Waals surface area contributed by atoms with E-state index in [0.717, 1.165) is 58.1 Å². The third-order valence-corrected chi connectivity index (χ3v) is 8.14. The molecular weight excluding hydrogens is 523 g/mol. The number of benzene rings is 3. The number of rotatable bonds is 7. The van der Waals surface area contributed by atoms with Gasteiger partial charge in [0.15, 0.2) is 11.0 Å². The summed E-state index contributed by atoms with van der Waals surface area (Å²) in [5.74, 6) is 0.624. The van der Waals surface area contributed by atoms with Gasteiger partial charge in [0.2, 0.25) is 0 Å². The molecule has 1 fully saturated rings. The molecule has 0 aliphatic carbocycles. The summed E-state index contributed by atoms with van der Waals surface area (Å²) in [6.45, 7) is 3.42. The second kappa shape index (κ2) is 10.7. The minimum atomic E-state index is -4.39. The van der Waals surface area contributed by atoms with Gasteiger partial charge in [-0.05, 0) is 52.2 Å². The van der Waals surface area contributed by atoms with Crippen LogP contribution in [-0.4, -0.2) is 56.3 Å². The van der Waals surface area contributed by atoms with E-state index in [2.05, 4.69) is 43.5 Å². The molecule has 0 bridgehead atoms. The highest BCUT2D eigenvalue weighted by atomic mass is 32.1. The molecule has 7 nitrogen and oxygen atoms in total. The van der Waals surface area contributed by atoms with Crippen molar-refractivity contribution in [2.45, 2.75) is 25.2 Å². The standard InChI is InChI=1S/C28H26F3N7S/c29-28(30,31)22-12-10-21(11-13-22)25(26-33-34-35-38(26)15-14-20-6-2-1-3-7-20)36-16-18-37(19-17-36)27-32-23-8-4-5-9-24(23)39-27/h1-13,25H,14-19H2/t25-/m1/s1. The Hall–Kier alpha value is -3.83. The van der Waals surface area contributed by atoms with Gasteiger partial charge in [-0.2, -0.15) is 13.2 Å². The summed E-state index contributed by atoms with van der Waals surface area (Å²) in [7, 11) is 0. The number of halogens is 3. The Bertz CT molecular complexity index is 1490. The number of piperazine rings is 1. The molecule has 0 amide bonds. The van der Waals surface area contributed by atoms with E-state index in [4.69, 9.17) is 4.98 Å². The first-order valence-corrected chi connectivity index (χ1v) is 13.6. The highest BCUT2D eigenvalue weighted by molar-refractivity contribution is 7.22. The fourth-order valence-corrected chi connectivity index (χ4v) is 6.01. The lowest BCUT2D eigenvalue weighted by atomic mass is 10.0. The Morgan fingerprint density at radius 1 is 0.846 bits per heavy atom. The van der Waals surface area contributed by atoms with Crippen LogP contribution in [0.4, 0.5) is 18.3 Å². The van der Waals surface area contributed by atoms with E-state index in [0.29, 0.717) is 25.5 Å². The minimum Gasteiger partial charge on any atom is -0.345 e. The molecule has 39 heavy (non-hydrogen) atoms. The molecule has 0 N–H and O–H groups in total. The number of anilines is 1. The molecule has 1 saturated heterocycles. The van der Waals surface area contributed by atoms with Crippen molar-refractivity contribution in [1.82, 2.24) is 30.1 Å². The summed E-state index contributed by atoms with van der Waals surface area (Å²) in [5, 5.41) is 13.6. The van der Waals surface area contributed by atoms with Crippen LogP contribution in [0.5, 0.6) is 0 Å². The summed E-state index contributed by atoms with van der Waals surface area (Å²) in [5.41, 5.74) is 2.20. The summed E-state index contributed by atoms with van der Waals surface area (Å²) < 4.78 is 42.8. The number of para-hydroxylation sites is 1. The first-order chi connectivity index (χ1) is 19.0. The van der Waals surface area contributed by atoms with Crippen molar-refractivity contribution in [1.29, 1.82) is 0 Å². The van der Waals surface area contributed by atoms with Gasteiger partial charge in [-0.15, -0.1) is 5.10 Å². The quantitative estimate of drug-likeness (QED) is 0.269. The maximum atomic E-state index is 13.3. The minimum absolute atomic E-state index is 0.379. The molecule has 0 radical (unpaired) electrons. The molecule has 5 aromatic rings. The average molecular weight is 550 g/mol. The maximum Gasteiger partial charge on any atom is 0.416 e. The molecule has 1 aliphatic rings. The van der Waals surface area contributed by atoms with Crippen LogP contribution in [0.3, 0.4) is 0 Å². The largest absolute Gasteiger partial charge is 0.416 e. The second-order valence-electron chi connectivity index (χ2n) is 9.51. The highest BCUT2D eigenvalue weighted by Gasteiger charge is 2.34. The number of hydrogen-bond acceptors (Lipinski definition) is 7. The average Bonchev–Trinajstić information content (AvgIpc) is 3.60. The lowest BCUT2D eigenvalue weighted by molar-refractivity contribution is -0.137. The Kier molecular flexibility index (Phi) is 7.01. The van der Waals surface area contributed by atoms with Crippen LogP contribution >= 0.6 is 11.3 Å². The van der Waals surface area contributed by atoms with Gasteiger partial charge < -0.3 is 4.90 Å². The van der Waals surface area contributed by atoms with Crippen molar-refractivity contribution < 1.29 is 13.2 Å². The molecule has 0 spiro atoms. The van der Waals surface area contributed by atoms with Crippen LogP contribution in [0.25, 0.3) is 10.2 Å². The summed E-state index contributed by atoms with van der Waals surface area (Å²) in [4.78, 5) is 9.31. The zero-order chi connectivity index (χ0) is 26.8. The summed E-state index contributed by atoms with van der Waals surface area (Å²) in [6, 6.07) is 23.1. The lowest BCUT2D eigenvalue weighted by Gasteiger charge is -2.38. The Labute approximate surface area is 227 Å². The van der Waals surface area contributed by atoms with E-state index in [1.54, 1.807) is 28.2 Å². The number of nitrogens with zero attached hydrogens (tertiary/aromatic N) is 7. The van der Waals surface area contributed by atoms with Crippen LogP contribution in [0.15, 0.2) is 78.9 Å². The van der Waals surface area contributed by atoms with Crippen molar-refractivity contribution in [2.75, 3.05) is 31.1 Å². The van der Waals surface area contributed by atoms with Crippen molar-refractivity contribution in [3.05, 3.63) is 101 Å². The van der Waals surface area contributed by atoms with Crippen molar-refractivity contribution in [3.63, 3.8) is 0 Å². The molecular formula is C28H26F3N7S. The Morgan fingerprint density at radius 3 is 2.28 bits per heavy atom. The molecule has 3 aromatic carbocycles. The van der Waals surface area contributed by atoms with Crippen molar-refractivity contribution in [3.8, 4) is 0 Å². The molecule has 11 heteroatoms. The number of hydrogen-bond donors (Lipinski definition) is 0. The van der Waals surface area contributed by atoms with Crippen molar-refractivity contribution >= 4 is 26.7 Å². The number of aromatic nitrogens is 5. The lowest BCUT2D eigenvalue weighted by Crippen LogP contribution is -2.48. The van der Waals surface area contributed by atoms with Gasteiger partial charge >= 0.3 is 6.18 Å². The number of alkyl halides is 3. The monoisotopic (exact) mass is 549 g/mol. The van der Waals surface area contributed by atoms with Gasteiger partial charge in [0.25, 0.3) is 0 Å². The number of fused-ring (bicyclic) bond motifs is 1. The molecule has 0 saturated carbocycles. The number of tetrazole rings is 1. The van der Waals surface area contributed by atoms with Gasteiger partial charge in [0.05, 0.1) is 21.8 Å². The normalized spacial score (nSPS) is 15.6. The third kappa shape index (κ3) is 5.50. The van der Waals surface area contributed by atoms with Crippen LogP contribution in [0.1, 0.15) is 28.6 Å². The van der Waals surface area contributed by atoms with E-state index in [1.165, 1.54) is 0 Å². The van der Waals surface area contributed by atoms with Crippen LogP contribution in [0, 0.1) is 0 Å². The summed E-state index contributed by atoms with van der Waals surface area (Å²) >= 11 is 1.67. The zero-order valence-electron chi connectivity index (χ0n) is 21.0. The zero-order valence-corrected chi connectivity index (χ0v) is 21.8. The van der Waals surface area contributed by atoms with Crippen molar-refractivity contribution in [2.24, 2.45) is 0 Å². The van der Waals surface area contributed by atoms with Gasteiger partial charge in [-0.3, -0.25) is 4.90 Å². The second-order valence-corrected chi connectivity index (χ2v) is 10.5. The van der Waals surface area contributed by atoms with E-state index < -0.39 is 11.7 Å². The number of thiazole rings is 1. The van der Waals surface area contributed by atoms with Gasteiger partial charge in [-0.25, -0.2) is 9.67 Å². The Balaban J connectivity index is 1.26. The summed E-state index contributed by atoms with van der Waals surface area (Å²) in [6.07, 6.45) is -3.65. The smallest absolute Gasteiger partial charge is 0.345 e. The van der Waals surface area contributed by atoms with Crippen LogP contribution in [0.2, 0.25) is 0 Å². The molecule has 3 heterocycles. The van der Waals surface area contributed by atoms with Gasteiger partial charge in [-0.1, -0.05) is 65.9 Å². The van der Waals surface area contributed by atoms with E-state index in [1.807, 2.05) is 36.4 Å². The molecule has 2 aromatic heterocycles. The van der Waals surface area contributed by atoms with E-state index in [-0.39, 0.29) is 6.04 Å². The SMILES string of the molecule is FC(F)(F)c1ccc([C@H](c2nnnn2CCc2ccccc2)N2CCN(c3nc4ccccc4s3)CC2)cc1. The molecule has 1 atom stereocenters. The molecule has 6 rings (SSSR count). The van der Waals surface area contributed by atoms with Crippen LogP contribution in [-0.2, 0) is 19.1 Å². The van der Waals surface area contributed by atoms with E-state index in [9.17, 15) is 13.2 Å². The molecule has 0 unspecified atom stereocenters. The predicted octanol–water partition coefficient (Wildman–Crippen LogP) is 5.46. The molecule has 200 valence electrons. The van der Waals surface area contributed by atoms with Crippen LogP contribution < -0.4 is 4.90 Å². The fraction of sp³-hybridized carbons (Fsp3) is 0.286. The highest BCUT2D eigenvalue weighted by Crippen LogP contribution is 2.34. The first kappa shape index (κ1) is 25.4. The molecule has 1 aliphatic heterocycles. The van der Waals surface area contributed by atoms with Gasteiger partial charge in [0.1, 0.15) is 0 Å². The first-order valence-electron chi connectivity index (χ1n) is 12.8. The predicted molar refractivity (Wildman–Crippen MR) is 145 cm³/mol. The van der Waals surface area contributed by atoms with E-state index >= 15 is 0 Å².